The van der Waals surface area contributed by atoms with Crippen molar-refractivity contribution in [1.29, 1.82) is 0 Å². The lowest BCUT2D eigenvalue weighted by molar-refractivity contribution is -0.116. The average Bonchev–Trinajstić information content (AvgIpc) is 2.87. The normalized spacial score (nSPS) is 12.8. The van der Waals surface area contributed by atoms with Crippen LogP contribution < -0.4 is 14.8 Å². The zero-order valence-corrected chi connectivity index (χ0v) is 11.4. The minimum atomic E-state index is 0.0192. The van der Waals surface area contributed by atoms with Crippen molar-refractivity contribution in [3.05, 3.63) is 18.2 Å². The lowest BCUT2D eigenvalue weighted by Crippen LogP contribution is -2.27. The van der Waals surface area contributed by atoms with Gasteiger partial charge in [-0.2, -0.15) is 0 Å². The second-order valence-corrected chi connectivity index (χ2v) is 4.39. The summed E-state index contributed by atoms with van der Waals surface area (Å²) in [5, 5.41) is 2.87. The summed E-state index contributed by atoms with van der Waals surface area (Å²) in [6.45, 7) is 7.15. The minimum Gasteiger partial charge on any atom is -0.454 e. The Morgan fingerprint density at radius 3 is 2.74 bits per heavy atom. The number of nitrogens with zero attached hydrogens (tertiary/aromatic N) is 1. The summed E-state index contributed by atoms with van der Waals surface area (Å²) in [5.41, 5.74) is 0.744. The van der Waals surface area contributed by atoms with Crippen LogP contribution in [0.15, 0.2) is 18.2 Å². The minimum absolute atomic E-state index is 0.0192. The molecular formula is C14H20N2O3. The lowest BCUT2D eigenvalue weighted by atomic mass is 10.2. The van der Waals surface area contributed by atoms with Gasteiger partial charge in [0.15, 0.2) is 11.5 Å². The Morgan fingerprint density at radius 1 is 1.26 bits per heavy atom. The molecule has 1 N–H and O–H groups in total. The van der Waals surface area contributed by atoms with E-state index in [1.54, 1.807) is 6.07 Å². The summed E-state index contributed by atoms with van der Waals surface area (Å²) in [6.07, 6.45) is 0.496. The largest absolute Gasteiger partial charge is 0.454 e. The predicted octanol–water partition coefficient (Wildman–Crippen LogP) is 2.09. The molecule has 2 rings (SSSR count). The van der Waals surface area contributed by atoms with Gasteiger partial charge in [-0.15, -0.1) is 0 Å². The fourth-order valence-corrected chi connectivity index (χ4v) is 2.00. The van der Waals surface area contributed by atoms with E-state index in [9.17, 15) is 4.79 Å². The van der Waals surface area contributed by atoms with Crippen molar-refractivity contribution in [2.45, 2.75) is 20.3 Å². The van der Waals surface area contributed by atoms with Gasteiger partial charge in [-0.05, 0) is 25.2 Å². The van der Waals surface area contributed by atoms with E-state index >= 15 is 0 Å². The number of rotatable bonds is 6. The molecular weight excluding hydrogens is 244 g/mol. The van der Waals surface area contributed by atoms with Crippen LogP contribution in [0.2, 0.25) is 0 Å². The Balaban J connectivity index is 1.85. The topological polar surface area (TPSA) is 50.8 Å². The fraction of sp³-hybridized carbons (Fsp3) is 0.500. The highest BCUT2D eigenvalue weighted by Gasteiger charge is 2.14. The number of fused-ring (bicyclic) bond motifs is 1. The molecule has 0 fully saturated rings. The van der Waals surface area contributed by atoms with Gasteiger partial charge in [0.25, 0.3) is 0 Å². The second kappa shape index (κ2) is 6.43. The highest BCUT2D eigenvalue weighted by Crippen LogP contribution is 2.34. The first kappa shape index (κ1) is 13.7. The third-order valence-electron chi connectivity index (χ3n) is 3.21. The standard InChI is InChI=1S/C14H20N2O3/c1-3-16(4-2)8-7-14(17)15-11-5-6-12-13(9-11)19-10-18-12/h5-6,9H,3-4,7-8,10H2,1-2H3,(H,15,17). The zero-order chi connectivity index (χ0) is 13.7. The second-order valence-electron chi connectivity index (χ2n) is 4.39. The molecule has 0 bridgehead atoms. The van der Waals surface area contributed by atoms with Crippen molar-refractivity contribution in [3.63, 3.8) is 0 Å². The highest BCUT2D eigenvalue weighted by atomic mass is 16.7. The Bertz CT molecular complexity index is 444. The molecule has 0 spiro atoms. The molecule has 1 aliphatic heterocycles. The first-order chi connectivity index (χ1) is 9.22. The van der Waals surface area contributed by atoms with Gasteiger partial charge in [0, 0.05) is 24.7 Å². The number of ether oxygens (including phenoxy) is 2. The number of amides is 1. The zero-order valence-electron chi connectivity index (χ0n) is 11.4. The van der Waals surface area contributed by atoms with E-state index in [4.69, 9.17) is 9.47 Å². The summed E-state index contributed by atoms with van der Waals surface area (Å²) in [7, 11) is 0. The van der Waals surface area contributed by atoms with E-state index in [-0.39, 0.29) is 12.7 Å². The van der Waals surface area contributed by atoms with Crippen LogP contribution in [-0.4, -0.2) is 37.2 Å². The Morgan fingerprint density at radius 2 is 2.00 bits per heavy atom. The van der Waals surface area contributed by atoms with E-state index in [1.165, 1.54) is 0 Å². The van der Waals surface area contributed by atoms with Crippen LogP contribution in [0.1, 0.15) is 20.3 Å². The average molecular weight is 264 g/mol. The van der Waals surface area contributed by atoms with Crippen LogP contribution in [0.5, 0.6) is 11.5 Å². The molecule has 19 heavy (non-hydrogen) atoms. The monoisotopic (exact) mass is 264 g/mol. The first-order valence-corrected chi connectivity index (χ1v) is 6.64. The fourth-order valence-electron chi connectivity index (χ4n) is 2.00. The van der Waals surface area contributed by atoms with E-state index in [2.05, 4.69) is 24.1 Å². The number of hydrogen-bond donors (Lipinski definition) is 1. The van der Waals surface area contributed by atoms with Gasteiger partial charge in [0.05, 0.1) is 0 Å². The van der Waals surface area contributed by atoms with Crippen LogP contribution in [0.3, 0.4) is 0 Å². The molecule has 1 amide bonds. The molecule has 0 unspecified atom stereocenters. The van der Waals surface area contributed by atoms with Crippen molar-refractivity contribution in [3.8, 4) is 11.5 Å². The summed E-state index contributed by atoms with van der Waals surface area (Å²) < 4.78 is 10.5. The smallest absolute Gasteiger partial charge is 0.231 e. The Hall–Kier alpha value is -1.75. The van der Waals surface area contributed by atoms with Crippen molar-refractivity contribution in [2.24, 2.45) is 0 Å². The maximum atomic E-state index is 11.8. The molecule has 0 saturated carbocycles. The van der Waals surface area contributed by atoms with E-state index in [0.717, 1.165) is 31.1 Å². The van der Waals surface area contributed by atoms with E-state index in [1.807, 2.05) is 12.1 Å². The Labute approximate surface area is 113 Å². The molecule has 5 nitrogen and oxygen atoms in total. The Kier molecular flexibility index (Phi) is 4.63. The summed E-state index contributed by atoms with van der Waals surface area (Å²) in [6, 6.07) is 5.42. The number of carbonyl (C=O) groups is 1. The summed E-state index contributed by atoms with van der Waals surface area (Å²) >= 11 is 0. The number of carbonyl (C=O) groups excluding carboxylic acids is 1. The van der Waals surface area contributed by atoms with Gasteiger partial charge in [0.2, 0.25) is 12.7 Å². The molecule has 0 aliphatic carbocycles. The molecule has 0 atom stereocenters. The van der Waals surface area contributed by atoms with Crippen molar-refractivity contribution >= 4 is 11.6 Å². The van der Waals surface area contributed by atoms with Gasteiger partial charge < -0.3 is 19.7 Å². The maximum absolute atomic E-state index is 11.8. The summed E-state index contributed by atoms with van der Waals surface area (Å²) in [5.74, 6) is 1.42. The lowest BCUT2D eigenvalue weighted by Gasteiger charge is -2.17. The van der Waals surface area contributed by atoms with E-state index < -0.39 is 0 Å². The van der Waals surface area contributed by atoms with Crippen molar-refractivity contribution < 1.29 is 14.3 Å². The molecule has 1 aromatic carbocycles. The quantitative estimate of drug-likeness (QED) is 0.854. The van der Waals surface area contributed by atoms with Crippen molar-refractivity contribution in [1.82, 2.24) is 4.90 Å². The SMILES string of the molecule is CCN(CC)CCC(=O)Nc1ccc2c(c1)OCO2. The molecule has 104 valence electrons. The molecule has 1 aliphatic rings. The van der Waals surface area contributed by atoms with E-state index in [0.29, 0.717) is 12.2 Å². The molecule has 5 heteroatoms. The van der Waals surface area contributed by atoms with Crippen molar-refractivity contribution in [2.75, 3.05) is 31.7 Å². The van der Waals surface area contributed by atoms with Gasteiger partial charge >= 0.3 is 0 Å². The van der Waals surface area contributed by atoms with Gasteiger partial charge in [0.1, 0.15) is 0 Å². The first-order valence-electron chi connectivity index (χ1n) is 6.64. The van der Waals surface area contributed by atoms with Gasteiger partial charge in [-0.3, -0.25) is 4.79 Å². The number of benzene rings is 1. The number of hydrogen-bond acceptors (Lipinski definition) is 4. The van der Waals surface area contributed by atoms with Gasteiger partial charge in [-0.25, -0.2) is 0 Å². The van der Waals surface area contributed by atoms with Crippen LogP contribution in [0, 0.1) is 0 Å². The van der Waals surface area contributed by atoms with Crippen LogP contribution in [-0.2, 0) is 4.79 Å². The molecule has 0 aromatic heterocycles. The molecule has 1 aromatic rings. The number of nitrogens with one attached hydrogen (secondary N) is 1. The maximum Gasteiger partial charge on any atom is 0.231 e. The number of anilines is 1. The predicted molar refractivity (Wildman–Crippen MR) is 73.6 cm³/mol. The molecule has 1 heterocycles. The summed E-state index contributed by atoms with van der Waals surface area (Å²) in [4.78, 5) is 14.1. The molecule has 0 radical (unpaired) electrons. The van der Waals surface area contributed by atoms with Crippen LogP contribution in [0.4, 0.5) is 5.69 Å². The highest BCUT2D eigenvalue weighted by molar-refractivity contribution is 5.91. The molecule has 0 saturated heterocycles. The third-order valence-corrected chi connectivity index (χ3v) is 3.21. The van der Waals surface area contributed by atoms with Gasteiger partial charge in [-0.1, -0.05) is 13.8 Å². The third kappa shape index (κ3) is 3.61. The van der Waals surface area contributed by atoms with Crippen LogP contribution >= 0.6 is 0 Å². The van der Waals surface area contributed by atoms with Crippen LogP contribution in [0.25, 0.3) is 0 Å².